The molecule has 1 aromatic heterocycles. The van der Waals surface area contributed by atoms with Gasteiger partial charge >= 0.3 is 0 Å². The van der Waals surface area contributed by atoms with E-state index in [1.165, 1.54) is 29.3 Å². The highest BCUT2D eigenvalue weighted by atomic mass is 79.9. The molecule has 0 atom stereocenters. The van der Waals surface area contributed by atoms with Crippen LogP contribution in [0.2, 0.25) is 0 Å². The monoisotopic (exact) mass is 347 g/mol. The number of pyridine rings is 1. The number of nitriles is 1. The predicted octanol–water partition coefficient (Wildman–Crippen LogP) is 3.13. The Morgan fingerprint density at radius 2 is 2.19 bits per heavy atom. The maximum atomic E-state index is 13.7. The number of carbonyl (C=O) groups excluding carboxylic acids is 1. The van der Waals surface area contributed by atoms with E-state index >= 15 is 0 Å². The number of halogens is 2. The lowest BCUT2D eigenvalue weighted by Crippen LogP contribution is -2.27. The second kappa shape index (κ2) is 6.46. The Bertz CT molecular complexity index is 710. The van der Waals surface area contributed by atoms with Gasteiger partial charge in [-0.2, -0.15) is 5.26 Å². The third kappa shape index (κ3) is 3.64. The van der Waals surface area contributed by atoms with E-state index < -0.39 is 5.82 Å². The van der Waals surface area contributed by atoms with Crippen LogP contribution in [0.3, 0.4) is 0 Å². The molecule has 0 fully saturated rings. The van der Waals surface area contributed by atoms with Crippen LogP contribution in [0.25, 0.3) is 0 Å². The van der Waals surface area contributed by atoms with E-state index in [9.17, 15) is 9.18 Å². The van der Waals surface area contributed by atoms with Crippen LogP contribution in [0, 0.1) is 17.1 Å². The van der Waals surface area contributed by atoms with Crippen molar-refractivity contribution in [2.45, 2.75) is 6.54 Å². The van der Waals surface area contributed by atoms with Gasteiger partial charge in [0.15, 0.2) is 0 Å². The minimum atomic E-state index is -0.447. The highest BCUT2D eigenvalue weighted by molar-refractivity contribution is 9.10. The molecule has 0 aliphatic carbocycles. The van der Waals surface area contributed by atoms with Gasteiger partial charge in [-0.15, -0.1) is 0 Å². The van der Waals surface area contributed by atoms with Gasteiger partial charge in [-0.3, -0.25) is 4.79 Å². The lowest BCUT2D eigenvalue weighted by molar-refractivity contribution is 0.0778. The molecule has 21 heavy (non-hydrogen) atoms. The molecule has 0 spiro atoms. The number of nitrogens with zero attached hydrogens (tertiary/aromatic N) is 3. The van der Waals surface area contributed by atoms with Crippen LogP contribution < -0.4 is 0 Å². The topological polar surface area (TPSA) is 57.0 Å². The minimum absolute atomic E-state index is 0.0674. The van der Waals surface area contributed by atoms with Crippen LogP contribution in [0.1, 0.15) is 21.6 Å². The third-order valence-electron chi connectivity index (χ3n) is 2.88. The van der Waals surface area contributed by atoms with Crippen molar-refractivity contribution >= 4 is 21.8 Å². The summed E-state index contributed by atoms with van der Waals surface area (Å²) in [6.45, 7) is 0.0674. The van der Waals surface area contributed by atoms with Crippen molar-refractivity contribution in [3.05, 3.63) is 63.6 Å². The highest BCUT2D eigenvalue weighted by Gasteiger charge is 2.15. The molecule has 2 aromatic rings. The first-order chi connectivity index (χ1) is 10.0. The van der Waals surface area contributed by atoms with Crippen molar-refractivity contribution in [1.82, 2.24) is 9.88 Å². The lowest BCUT2D eigenvalue weighted by Gasteiger charge is -2.17. The number of hydrogen-bond acceptors (Lipinski definition) is 3. The average molecular weight is 348 g/mol. The van der Waals surface area contributed by atoms with Gasteiger partial charge in [-0.05, 0) is 46.3 Å². The normalized spacial score (nSPS) is 10.0. The largest absolute Gasteiger partial charge is 0.336 e. The van der Waals surface area contributed by atoms with Crippen molar-refractivity contribution in [2.24, 2.45) is 0 Å². The number of carbonyl (C=O) groups is 1. The summed E-state index contributed by atoms with van der Waals surface area (Å²) in [6, 6.07) is 9.31. The molecular formula is C15H11BrFN3O. The van der Waals surface area contributed by atoms with Crippen LogP contribution in [-0.4, -0.2) is 22.8 Å². The van der Waals surface area contributed by atoms with E-state index in [2.05, 4.69) is 20.9 Å². The molecule has 0 N–H and O–H groups in total. The Hall–Kier alpha value is -2.26. The summed E-state index contributed by atoms with van der Waals surface area (Å²) >= 11 is 3.24. The molecule has 1 heterocycles. The predicted molar refractivity (Wildman–Crippen MR) is 78.8 cm³/mol. The van der Waals surface area contributed by atoms with Gasteiger partial charge in [0.1, 0.15) is 11.5 Å². The zero-order valence-electron chi connectivity index (χ0n) is 11.2. The molecule has 2 rings (SSSR count). The Morgan fingerprint density at radius 1 is 1.43 bits per heavy atom. The molecule has 0 unspecified atom stereocenters. The van der Waals surface area contributed by atoms with Crippen molar-refractivity contribution < 1.29 is 9.18 Å². The Kier molecular flexibility index (Phi) is 4.66. The zero-order valence-corrected chi connectivity index (χ0v) is 12.8. The Balaban J connectivity index is 2.18. The zero-order chi connectivity index (χ0) is 15.4. The van der Waals surface area contributed by atoms with Gasteiger partial charge in [0.05, 0.1) is 11.6 Å². The summed E-state index contributed by atoms with van der Waals surface area (Å²) in [7, 11) is 1.56. The Labute approximate surface area is 130 Å². The first-order valence-electron chi connectivity index (χ1n) is 6.07. The first kappa shape index (κ1) is 15.1. The van der Waals surface area contributed by atoms with E-state index in [-0.39, 0.29) is 18.1 Å². The smallest absolute Gasteiger partial charge is 0.272 e. The quantitative estimate of drug-likeness (QED) is 0.856. The maximum Gasteiger partial charge on any atom is 0.272 e. The van der Waals surface area contributed by atoms with E-state index in [0.29, 0.717) is 11.1 Å². The van der Waals surface area contributed by atoms with Crippen LogP contribution in [0.15, 0.2) is 41.0 Å². The SMILES string of the molecule is CN(Cc1cc(C#N)ccc1F)C(=O)c1ccc(Br)cn1. The first-order valence-corrected chi connectivity index (χ1v) is 6.86. The maximum absolute atomic E-state index is 13.7. The summed E-state index contributed by atoms with van der Waals surface area (Å²) in [4.78, 5) is 17.6. The van der Waals surface area contributed by atoms with Crippen LogP contribution >= 0.6 is 15.9 Å². The standard InChI is InChI=1S/C15H11BrFN3O/c1-20(15(21)14-5-3-12(16)8-19-14)9-11-6-10(7-18)2-4-13(11)17/h2-6,8H,9H2,1H3. The number of benzene rings is 1. The van der Waals surface area contributed by atoms with Crippen molar-refractivity contribution in [1.29, 1.82) is 5.26 Å². The van der Waals surface area contributed by atoms with Gasteiger partial charge in [0.25, 0.3) is 5.91 Å². The fraction of sp³-hybridized carbons (Fsp3) is 0.133. The van der Waals surface area contributed by atoms with E-state index in [1.54, 1.807) is 19.2 Å². The molecule has 6 heteroatoms. The molecule has 4 nitrogen and oxygen atoms in total. The Morgan fingerprint density at radius 3 is 2.81 bits per heavy atom. The van der Waals surface area contributed by atoms with Crippen molar-refractivity contribution in [3.8, 4) is 6.07 Å². The number of amides is 1. The molecule has 0 aliphatic rings. The van der Waals surface area contributed by atoms with E-state index in [1.807, 2.05) is 6.07 Å². The second-order valence-electron chi connectivity index (χ2n) is 4.44. The molecule has 0 saturated carbocycles. The van der Waals surface area contributed by atoms with Crippen molar-refractivity contribution in [2.75, 3.05) is 7.05 Å². The molecule has 1 amide bonds. The van der Waals surface area contributed by atoms with Gasteiger partial charge in [-0.25, -0.2) is 9.37 Å². The summed E-state index contributed by atoms with van der Waals surface area (Å²) in [5.74, 6) is -0.762. The minimum Gasteiger partial charge on any atom is -0.336 e. The fourth-order valence-corrected chi connectivity index (χ4v) is 2.03. The summed E-state index contributed by atoms with van der Waals surface area (Å²) in [5, 5.41) is 8.83. The van der Waals surface area contributed by atoms with Crippen LogP contribution in [-0.2, 0) is 6.54 Å². The molecule has 0 radical (unpaired) electrons. The highest BCUT2D eigenvalue weighted by Crippen LogP contribution is 2.14. The second-order valence-corrected chi connectivity index (χ2v) is 5.36. The van der Waals surface area contributed by atoms with E-state index in [4.69, 9.17) is 5.26 Å². The average Bonchev–Trinajstić information content (AvgIpc) is 2.49. The molecule has 0 saturated heterocycles. The van der Waals surface area contributed by atoms with Gasteiger partial charge in [-0.1, -0.05) is 0 Å². The summed E-state index contributed by atoms with van der Waals surface area (Å²) in [6.07, 6.45) is 1.53. The van der Waals surface area contributed by atoms with Crippen molar-refractivity contribution in [3.63, 3.8) is 0 Å². The molecule has 106 valence electrons. The number of aromatic nitrogens is 1. The summed E-state index contributed by atoms with van der Waals surface area (Å²) in [5.41, 5.74) is 0.925. The van der Waals surface area contributed by atoms with Crippen LogP contribution in [0.4, 0.5) is 4.39 Å². The van der Waals surface area contributed by atoms with E-state index in [0.717, 1.165) is 4.47 Å². The van der Waals surface area contributed by atoms with Gasteiger partial charge in [0, 0.05) is 29.8 Å². The van der Waals surface area contributed by atoms with Gasteiger partial charge in [0.2, 0.25) is 0 Å². The van der Waals surface area contributed by atoms with Gasteiger partial charge < -0.3 is 4.90 Å². The fourth-order valence-electron chi connectivity index (χ4n) is 1.79. The molecular weight excluding hydrogens is 337 g/mol. The summed E-state index contributed by atoms with van der Waals surface area (Å²) < 4.78 is 14.5. The molecule has 1 aromatic carbocycles. The number of rotatable bonds is 3. The van der Waals surface area contributed by atoms with Crippen LogP contribution in [0.5, 0.6) is 0 Å². The lowest BCUT2D eigenvalue weighted by atomic mass is 10.1. The third-order valence-corrected chi connectivity index (χ3v) is 3.34. The molecule has 0 bridgehead atoms. The number of hydrogen-bond donors (Lipinski definition) is 0. The molecule has 0 aliphatic heterocycles.